The van der Waals surface area contributed by atoms with Crippen LogP contribution in [-0.4, -0.2) is 5.78 Å². The molecule has 0 spiro atoms. The summed E-state index contributed by atoms with van der Waals surface area (Å²) in [5, 5.41) is 0. The molecule has 0 atom stereocenters. The molecule has 0 aliphatic carbocycles. The van der Waals surface area contributed by atoms with Gasteiger partial charge in [0.2, 0.25) is 0 Å². The number of carbonyl (C=O) groups excluding carboxylic acids is 1. The van der Waals surface area contributed by atoms with Crippen LogP contribution in [0.2, 0.25) is 0 Å². The summed E-state index contributed by atoms with van der Waals surface area (Å²) >= 11 is 2.16. The van der Waals surface area contributed by atoms with Crippen molar-refractivity contribution in [3.05, 3.63) is 68.8 Å². The lowest BCUT2D eigenvalue weighted by Gasteiger charge is -2.03. The van der Waals surface area contributed by atoms with Crippen LogP contribution in [-0.2, 0) is 6.42 Å². The fourth-order valence-electron chi connectivity index (χ4n) is 1.59. The van der Waals surface area contributed by atoms with E-state index >= 15 is 0 Å². The Morgan fingerprint density at radius 1 is 1.06 bits per heavy atom. The molecule has 0 saturated heterocycles. The summed E-state index contributed by atoms with van der Waals surface area (Å²) in [5.41, 5.74) is 0.581. The quantitative estimate of drug-likeness (QED) is 0.599. The Balaban J connectivity index is 2.21. The van der Waals surface area contributed by atoms with Gasteiger partial charge in [-0.3, -0.25) is 4.79 Å². The van der Waals surface area contributed by atoms with E-state index in [4.69, 9.17) is 0 Å². The summed E-state index contributed by atoms with van der Waals surface area (Å²) in [4.78, 5) is 11.9. The maximum atomic E-state index is 13.4. The minimum atomic E-state index is -0.688. The van der Waals surface area contributed by atoms with Crippen LogP contribution in [0.4, 0.5) is 8.78 Å². The van der Waals surface area contributed by atoms with Gasteiger partial charge in [-0.15, -0.1) is 0 Å². The zero-order valence-electron chi connectivity index (χ0n) is 9.29. The van der Waals surface area contributed by atoms with Gasteiger partial charge in [-0.05, 0) is 58.5 Å². The third-order valence-corrected chi connectivity index (χ3v) is 3.23. The van der Waals surface area contributed by atoms with E-state index in [0.29, 0.717) is 0 Å². The monoisotopic (exact) mass is 358 g/mol. The predicted molar refractivity (Wildman–Crippen MR) is 73.6 cm³/mol. The van der Waals surface area contributed by atoms with E-state index in [2.05, 4.69) is 22.6 Å². The lowest BCUT2D eigenvalue weighted by molar-refractivity contribution is 0.0988. The van der Waals surface area contributed by atoms with Gasteiger partial charge >= 0.3 is 0 Å². The summed E-state index contributed by atoms with van der Waals surface area (Å²) < 4.78 is 27.4. The molecule has 2 aromatic rings. The second-order valence-electron chi connectivity index (χ2n) is 3.85. The third-order valence-electron chi connectivity index (χ3n) is 2.51. The fraction of sp³-hybridized carbons (Fsp3) is 0.0714. The minimum absolute atomic E-state index is 0.0668. The average molecular weight is 358 g/mol. The van der Waals surface area contributed by atoms with Gasteiger partial charge in [-0.25, -0.2) is 8.78 Å². The molecule has 0 heterocycles. The smallest absolute Gasteiger partial charge is 0.170 e. The maximum Gasteiger partial charge on any atom is 0.170 e. The van der Waals surface area contributed by atoms with E-state index in [9.17, 15) is 13.6 Å². The molecule has 2 rings (SSSR count). The Morgan fingerprint density at radius 3 is 2.39 bits per heavy atom. The van der Waals surface area contributed by atoms with Crippen molar-refractivity contribution in [1.29, 1.82) is 0 Å². The predicted octanol–water partition coefficient (Wildman–Crippen LogP) is 3.99. The Bertz CT molecular complexity index is 579. The zero-order valence-corrected chi connectivity index (χ0v) is 11.4. The van der Waals surface area contributed by atoms with Crippen LogP contribution in [0.5, 0.6) is 0 Å². The normalized spacial score (nSPS) is 10.4. The molecule has 1 nitrogen and oxygen atoms in total. The molecule has 0 aliphatic rings. The molecule has 18 heavy (non-hydrogen) atoms. The van der Waals surface area contributed by atoms with Crippen molar-refractivity contribution in [1.82, 2.24) is 0 Å². The summed E-state index contributed by atoms with van der Waals surface area (Å²) in [7, 11) is 0. The van der Waals surface area contributed by atoms with Gasteiger partial charge in [-0.1, -0.05) is 12.1 Å². The van der Waals surface area contributed by atoms with E-state index in [0.717, 1.165) is 27.3 Å². The first-order valence-corrected chi connectivity index (χ1v) is 6.37. The fourth-order valence-corrected chi connectivity index (χ4v) is 1.95. The molecule has 0 bridgehead atoms. The number of Topliss-reactive ketones (excluding diaryl/α,β-unsaturated/α-hetero) is 1. The van der Waals surface area contributed by atoms with E-state index in [-0.39, 0.29) is 12.0 Å². The lowest BCUT2D eigenvalue weighted by atomic mass is 10.0. The first-order valence-electron chi connectivity index (χ1n) is 5.29. The molecule has 92 valence electrons. The molecule has 0 unspecified atom stereocenters. The molecule has 0 radical (unpaired) electrons. The number of ketones is 1. The van der Waals surface area contributed by atoms with Gasteiger partial charge in [0.1, 0.15) is 11.6 Å². The van der Waals surface area contributed by atoms with Crippen molar-refractivity contribution in [2.45, 2.75) is 6.42 Å². The van der Waals surface area contributed by atoms with Crippen LogP contribution in [0.25, 0.3) is 0 Å². The van der Waals surface area contributed by atoms with E-state index in [1.807, 2.05) is 12.1 Å². The largest absolute Gasteiger partial charge is 0.294 e. The summed E-state index contributed by atoms with van der Waals surface area (Å²) in [6.07, 6.45) is 0.0668. The molecule has 0 amide bonds. The molecule has 0 aliphatic heterocycles. The lowest BCUT2D eigenvalue weighted by Crippen LogP contribution is -2.06. The number of rotatable bonds is 3. The molecule has 2 aromatic carbocycles. The first-order chi connectivity index (χ1) is 8.56. The molecular formula is C14H9F2IO. The van der Waals surface area contributed by atoms with Gasteiger partial charge in [0.25, 0.3) is 0 Å². The molecule has 0 saturated carbocycles. The van der Waals surface area contributed by atoms with E-state index in [1.54, 1.807) is 12.1 Å². The maximum absolute atomic E-state index is 13.4. The Kier molecular flexibility index (Phi) is 4.06. The standard InChI is InChI=1S/C14H9F2IO/c15-10-3-6-13(16)12(8-10)14(18)7-9-1-4-11(17)5-2-9/h1-6,8H,7H2. The molecule has 0 aromatic heterocycles. The Hall–Kier alpha value is -1.30. The van der Waals surface area contributed by atoms with Crippen LogP contribution in [0.1, 0.15) is 15.9 Å². The Labute approximate surface area is 117 Å². The highest BCUT2D eigenvalue weighted by molar-refractivity contribution is 14.1. The third kappa shape index (κ3) is 3.13. The molecular weight excluding hydrogens is 349 g/mol. The summed E-state index contributed by atoms with van der Waals surface area (Å²) in [6.45, 7) is 0. The highest BCUT2D eigenvalue weighted by Gasteiger charge is 2.13. The van der Waals surface area contributed by atoms with Crippen LogP contribution < -0.4 is 0 Å². The summed E-state index contributed by atoms with van der Waals surface area (Å²) in [5.74, 6) is -1.72. The van der Waals surface area contributed by atoms with Gasteiger partial charge < -0.3 is 0 Å². The van der Waals surface area contributed by atoms with Crippen LogP contribution >= 0.6 is 22.6 Å². The highest BCUT2D eigenvalue weighted by Crippen LogP contribution is 2.14. The number of carbonyl (C=O) groups is 1. The van der Waals surface area contributed by atoms with Crippen molar-refractivity contribution in [2.24, 2.45) is 0 Å². The molecule has 0 N–H and O–H groups in total. The number of halogens is 3. The first kappa shape index (κ1) is 13.1. The molecule has 4 heteroatoms. The van der Waals surface area contributed by atoms with E-state index < -0.39 is 17.4 Å². The number of hydrogen-bond acceptors (Lipinski definition) is 1. The second kappa shape index (κ2) is 5.56. The van der Waals surface area contributed by atoms with Gasteiger partial charge in [0, 0.05) is 9.99 Å². The topological polar surface area (TPSA) is 17.1 Å². The van der Waals surface area contributed by atoms with Crippen molar-refractivity contribution in [3.8, 4) is 0 Å². The zero-order chi connectivity index (χ0) is 13.1. The number of hydrogen-bond donors (Lipinski definition) is 0. The van der Waals surface area contributed by atoms with Gasteiger partial charge in [0.15, 0.2) is 5.78 Å². The van der Waals surface area contributed by atoms with E-state index in [1.165, 1.54) is 0 Å². The average Bonchev–Trinajstić information content (AvgIpc) is 2.35. The van der Waals surface area contributed by atoms with Crippen LogP contribution in [0, 0.1) is 15.2 Å². The second-order valence-corrected chi connectivity index (χ2v) is 5.10. The van der Waals surface area contributed by atoms with Crippen LogP contribution in [0.15, 0.2) is 42.5 Å². The van der Waals surface area contributed by atoms with Crippen molar-refractivity contribution in [2.75, 3.05) is 0 Å². The number of benzene rings is 2. The van der Waals surface area contributed by atoms with Gasteiger partial charge in [0.05, 0.1) is 5.56 Å². The summed E-state index contributed by atoms with van der Waals surface area (Å²) in [6, 6.07) is 10.2. The SMILES string of the molecule is O=C(Cc1ccc(I)cc1)c1cc(F)ccc1F. The van der Waals surface area contributed by atoms with Crippen molar-refractivity contribution in [3.63, 3.8) is 0 Å². The van der Waals surface area contributed by atoms with Crippen LogP contribution in [0.3, 0.4) is 0 Å². The van der Waals surface area contributed by atoms with Crippen molar-refractivity contribution >= 4 is 28.4 Å². The minimum Gasteiger partial charge on any atom is -0.294 e. The van der Waals surface area contributed by atoms with Crippen molar-refractivity contribution < 1.29 is 13.6 Å². The Morgan fingerprint density at radius 2 is 1.72 bits per heavy atom. The molecule has 0 fully saturated rings. The van der Waals surface area contributed by atoms with Gasteiger partial charge in [-0.2, -0.15) is 0 Å². The highest BCUT2D eigenvalue weighted by atomic mass is 127.